The monoisotopic (exact) mass is 315 g/mol. The fraction of sp³-hybridized carbons (Fsp3) is 0.133. The van der Waals surface area contributed by atoms with Crippen LogP contribution in [0.3, 0.4) is 0 Å². The van der Waals surface area contributed by atoms with Crippen LogP contribution >= 0.6 is 11.3 Å². The molecular formula is C15H13N3O3S. The predicted octanol–water partition coefficient (Wildman–Crippen LogP) is 2.74. The van der Waals surface area contributed by atoms with Crippen molar-refractivity contribution in [1.29, 1.82) is 0 Å². The van der Waals surface area contributed by atoms with E-state index in [9.17, 15) is 4.79 Å². The van der Waals surface area contributed by atoms with E-state index in [4.69, 9.17) is 9.26 Å². The minimum atomic E-state index is -0.156. The highest BCUT2D eigenvalue weighted by Gasteiger charge is 2.11. The molecule has 0 radical (unpaired) electrons. The van der Waals surface area contributed by atoms with Crippen LogP contribution < -0.4 is 10.1 Å². The molecule has 3 rings (SSSR count). The van der Waals surface area contributed by atoms with Crippen LogP contribution in [0.5, 0.6) is 5.75 Å². The van der Waals surface area contributed by atoms with E-state index in [0.717, 1.165) is 11.3 Å². The number of methoxy groups -OCH3 is 1. The fourth-order valence-electron chi connectivity index (χ4n) is 1.86. The summed E-state index contributed by atoms with van der Waals surface area (Å²) < 4.78 is 10.3. The molecular weight excluding hydrogens is 302 g/mol. The van der Waals surface area contributed by atoms with Gasteiger partial charge in [-0.2, -0.15) is 4.98 Å². The maximum atomic E-state index is 11.8. The van der Waals surface area contributed by atoms with Gasteiger partial charge in [0.05, 0.1) is 18.5 Å². The number of ether oxygens (including phenoxy) is 1. The van der Waals surface area contributed by atoms with Crippen molar-refractivity contribution in [2.45, 2.75) is 6.54 Å². The molecule has 7 heteroatoms. The van der Waals surface area contributed by atoms with Crippen molar-refractivity contribution in [1.82, 2.24) is 15.5 Å². The highest BCUT2D eigenvalue weighted by atomic mass is 32.1. The Kier molecular flexibility index (Phi) is 4.15. The first kappa shape index (κ1) is 14.3. The number of carbonyl (C=O) groups excluding carboxylic acids is 1. The Morgan fingerprint density at radius 2 is 2.27 bits per heavy atom. The van der Waals surface area contributed by atoms with Crippen LogP contribution in [0.2, 0.25) is 0 Å². The van der Waals surface area contributed by atoms with Crippen molar-refractivity contribution in [2.24, 2.45) is 0 Å². The summed E-state index contributed by atoms with van der Waals surface area (Å²) in [6.07, 6.45) is 0. The number of aromatic nitrogens is 2. The van der Waals surface area contributed by atoms with E-state index in [0.29, 0.717) is 16.6 Å². The van der Waals surface area contributed by atoms with Gasteiger partial charge in [0, 0.05) is 5.56 Å². The molecule has 3 aromatic rings. The second-order valence-corrected chi connectivity index (χ2v) is 5.35. The number of carbonyl (C=O) groups is 1. The number of nitrogens with one attached hydrogen (secondary N) is 1. The van der Waals surface area contributed by atoms with E-state index in [2.05, 4.69) is 15.5 Å². The van der Waals surface area contributed by atoms with Gasteiger partial charge in [0.2, 0.25) is 11.7 Å². The lowest BCUT2D eigenvalue weighted by Crippen LogP contribution is -2.21. The first-order chi connectivity index (χ1) is 10.8. The van der Waals surface area contributed by atoms with Crippen molar-refractivity contribution >= 4 is 17.2 Å². The Hall–Kier alpha value is -2.67. The minimum absolute atomic E-state index is 0.156. The minimum Gasteiger partial charge on any atom is -0.497 e. The SMILES string of the molecule is COc1cccc(-c2noc(CNC(=O)c3cccs3)n2)c1. The fourth-order valence-corrected chi connectivity index (χ4v) is 2.50. The number of hydrogen-bond donors (Lipinski definition) is 1. The number of rotatable bonds is 5. The normalized spacial score (nSPS) is 10.4. The molecule has 0 spiro atoms. The lowest BCUT2D eigenvalue weighted by atomic mass is 10.2. The van der Waals surface area contributed by atoms with Crippen molar-refractivity contribution in [2.75, 3.05) is 7.11 Å². The van der Waals surface area contributed by atoms with E-state index >= 15 is 0 Å². The zero-order chi connectivity index (χ0) is 15.4. The first-order valence-corrected chi connectivity index (χ1v) is 7.43. The smallest absolute Gasteiger partial charge is 0.261 e. The number of nitrogens with zero attached hydrogens (tertiary/aromatic N) is 2. The molecule has 0 saturated heterocycles. The molecule has 0 aliphatic rings. The highest BCUT2D eigenvalue weighted by Crippen LogP contribution is 2.21. The third-order valence-electron chi connectivity index (χ3n) is 2.94. The Labute approximate surface area is 130 Å². The molecule has 0 bridgehead atoms. The molecule has 0 unspecified atom stereocenters. The molecule has 2 aromatic heterocycles. The van der Waals surface area contributed by atoms with Crippen LogP contribution in [0.1, 0.15) is 15.6 Å². The molecule has 0 saturated carbocycles. The second-order valence-electron chi connectivity index (χ2n) is 4.40. The van der Waals surface area contributed by atoms with Crippen molar-refractivity contribution in [3.05, 3.63) is 52.5 Å². The molecule has 112 valence electrons. The van der Waals surface area contributed by atoms with Gasteiger partial charge in [0.15, 0.2) is 0 Å². The molecule has 0 fully saturated rings. The lowest BCUT2D eigenvalue weighted by molar-refractivity contribution is 0.0950. The van der Waals surface area contributed by atoms with Crippen LogP contribution in [0.4, 0.5) is 0 Å². The molecule has 22 heavy (non-hydrogen) atoms. The molecule has 1 N–H and O–H groups in total. The summed E-state index contributed by atoms with van der Waals surface area (Å²) in [6.45, 7) is 0.188. The average Bonchev–Trinajstić information content (AvgIpc) is 3.24. The van der Waals surface area contributed by atoms with Crippen molar-refractivity contribution in [3.63, 3.8) is 0 Å². The average molecular weight is 315 g/mol. The van der Waals surface area contributed by atoms with Crippen LogP contribution in [0, 0.1) is 0 Å². The van der Waals surface area contributed by atoms with Gasteiger partial charge in [0.25, 0.3) is 5.91 Å². The van der Waals surface area contributed by atoms with Crippen molar-refractivity contribution < 1.29 is 14.1 Å². The quantitative estimate of drug-likeness (QED) is 0.783. The Morgan fingerprint density at radius 1 is 1.36 bits per heavy atom. The van der Waals surface area contributed by atoms with E-state index in [1.54, 1.807) is 13.2 Å². The van der Waals surface area contributed by atoms with Gasteiger partial charge in [-0.25, -0.2) is 0 Å². The summed E-state index contributed by atoms with van der Waals surface area (Å²) in [5.74, 6) is 1.37. The standard InChI is InChI=1S/C15H13N3O3S/c1-20-11-5-2-4-10(8-11)14-17-13(21-18-14)9-16-15(19)12-6-3-7-22-12/h2-8H,9H2,1H3,(H,16,19). The van der Waals surface area contributed by atoms with Crippen molar-refractivity contribution in [3.8, 4) is 17.1 Å². The molecule has 1 amide bonds. The van der Waals surface area contributed by atoms with Gasteiger partial charge in [-0.3, -0.25) is 4.79 Å². The maximum absolute atomic E-state index is 11.8. The molecule has 1 aromatic carbocycles. The van der Waals surface area contributed by atoms with Gasteiger partial charge in [-0.05, 0) is 23.6 Å². The lowest BCUT2D eigenvalue weighted by Gasteiger charge is -2.00. The topological polar surface area (TPSA) is 77.3 Å². The summed E-state index contributed by atoms with van der Waals surface area (Å²) in [5.41, 5.74) is 0.791. The third kappa shape index (κ3) is 3.15. The number of benzene rings is 1. The van der Waals surface area contributed by atoms with Gasteiger partial charge in [0.1, 0.15) is 5.75 Å². The maximum Gasteiger partial charge on any atom is 0.261 e. The van der Waals surface area contributed by atoms with Gasteiger partial charge in [-0.15, -0.1) is 11.3 Å². The predicted molar refractivity (Wildman–Crippen MR) is 81.8 cm³/mol. The Balaban J connectivity index is 1.67. The molecule has 0 aliphatic carbocycles. The molecule has 6 nitrogen and oxygen atoms in total. The number of amides is 1. The largest absolute Gasteiger partial charge is 0.497 e. The molecule has 2 heterocycles. The zero-order valence-corrected chi connectivity index (χ0v) is 12.6. The van der Waals surface area contributed by atoms with Gasteiger partial charge < -0.3 is 14.6 Å². The van der Waals surface area contributed by atoms with E-state index < -0.39 is 0 Å². The summed E-state index contributed by atoms with van der Waals surface area (Å²) >= 11 is 1.38. The third-order valence-corrected chi connectivity index (χ3v) is 3.81. The summed E-state index contributed by atoms with van der Waals surface area (Å²) in [5, 5.41) is 8.50. The van der Waals surface area contributed by atoms with Gasteiger partial charge >= 0.3 is 0 Å². The summed E-state index contributed by atoms with van der Waals surface area (Å²) in [7, 11) is 1.60. The second kappa shape index (κ2) is 6.40. The van der Waals surface area contributed by atoms with Crippen LogP contribution in [-0.4, -0.2) is 23.2 Å². The van der Waals surface area contributed by atoms with Crippen LogP contribution in [0.15, 0.2) is 46.3 Å². The number of hydrogen-bond acceptors (Lipinski definition) is 6. The molecule has 0 aliphatic heterocycles. The Morgan fingerprint density at radius 3 is 3.05 bits per heavy atom. The summed E-state index contributed by atoms with van der Waals surface area (Å²) in [4.78, 5) is 16.7. The first-order valence-electron chi connectivity index (χ1n) is 6.55. The van der Waals surface area contributed by atoms with Crippen LogP contribution in [-0.2, 0) is 6.54 Å². The number of thiophene rings is 1. The zero-order valence-electron chi connectivity index (χ0n) is 11.8. The van der Waals surface area contributed by atoms with Crippen LogP contribution in [0.25, 0.3) is 11.4 Å². The summed E-state index contributed by atoms with van der Waals surface area (Å²) in [6, 6.07) is 11.0. The van der Waals surface area contributed by atoms with E-state index in [1.165, 1.54) is 11.3 Å². The molecule has 0 atom stereocenters. The van der Waals surface area contributed by atoms with E-state index in [1.807, 2.05) is 35.7 Å². The van der Waals surface area contributed by atoms with Gasteiger partial charge in [-0.1, -0.05) is 23.4 Å². The highest BCUT2D eigenvalue weighted by molar-refractivity contribution is 7.12. The van der Waals surface area contributed by atoms with E-state index in [-0.39, 0.29) is 12.5 Å². The Bertz CT molecular complexity index is 768.